The number of carboxylic acid groups (broad SMARTS) is 1. The van der Waals surface area contributed by atoms with Crippen LogP contribution >= 0.6 is 11.8 Å². The van der Waals surface area contributed by atoms with Crippen LogP contribution in [0.3, 0.4) is 0 Å². The van der Waals surface area contributed by atoms with Crippen molar-refractivity contribution < 1.29 is 18.3 Å². The number of thioether (sulfide) groups is 1. The molecule has 1 N–H and O–H groups in total. The Bertz CT molecular complexity index is 1380. The normalized spacial score (nSPS) is 16.5. The van der Waals surface area contributed by atoms with Crippen molar-refractivity contribution in [2.24, 2.45) is 0 Å². The maximum atomic E-state index is 13.3. The second kappa shape index (κ2) is 8.45. The topological polar surface area (TPSA) is 99.9 Å². The van der Waals surface area contributed by atoms with Crippen molar-refractivity contribution >= 4 is 44.5 Å². The highest BCUT2D eigenvalue weighted by atomic mass is 32.2. The Labute approximate surface area is 189 Å². The van der Waals surface area contributed by atoms with Crippen LogP contribution < -0.4 is 5.56 Å². The summed E-state index contributed by atoms with van der Waals surface area (Å²) in [6, 6.07) is 15.6. The Balaban J connectivity index is 1.89. The van der Waals surface area contributed by atoms with Gasteiger partial charge < -0.3 is 5.11 Å². The first-order valence-electron chi connectivity index (χ1n) is 9.84. The molecule has 3 aromatic rings. The van der Waals surface area contributed by atoms with Crippen molar-refractivity contribution in [3.05, 3.63) is 82.0 Å². The van der Waals surface area contributed by atoms with E-state index in [1.54, 1.807) is 40.7 Å². The summed E-state index contributed by atoms with van der Waals surface area (Å²) in [6.07, 6.45) is 0.610. The number of carboxylic acids is 1. The van der Waals surface area contributed by atoms with E-state index in [0.29, 0.717) is 23.1 Å². The zero-order chi connectivity index (χ0) is 23.0. The van der Waals surface area contributed by atoms with E-state index in [1.165, 1.54) is 53.7 Å². The van der Waals surface area contributed by atoms with Gasteiger partial charge in [0.25, 0.3) is 15.6 Å². The monoisotopic (exact) mass is 471 g/mol. The van der Waals surface area contributed by atoms with E-state index in [0.717, 1.165) is 4.41 Å². The summed E-state index contributed by atoms with van der Waals surface area (Å²) in [5, 5.41) is 13.1. The van der Waals surface area contributed by atoms with Crippen LogP contribution in [-0.2, 0) is 10.0 Å². The first-order chi connectivity index (χ1) is 15.3. The van der Waals surface area contributed by atoms with Crippen LogP contribution in [0.2, 0.25) is 0 Å². The number of hydrogen-bond acceptors (Lipinski definition) is 6. The summed E-state index contributed by atoms with van der Waals surface area (Å²) in [6.45, 7) is 1.93. The molecule has 10 heteroatoms. The van der Waals surface area contributed by atoms with Crippen LogP contribution in [0.1, 0.15) is 23.7 Å². The molecule has 166 valence electrons. The molecular weight excluding hydrogens is 450 g/mol. The highest BCUT2D eigenvalue weighted by Crippen LogP contribution is 2.38. The first kappa shape index (κ1) is 22.1. The van der Waals surface area contributed by atoms with E-state index in [9.17, 15) is 23.1 Å². The molecule has 2 heterocycles. The molecule has 0 spiro atoms. The van der Waals surface area contributed by atoms with Crippen LogP contribution in [0.25, 0.3) is 16.7 Å². The minimum Gasteiger partial charge on any atom is -0.478 e. The highest BCUT2D eigenvalue weighted by molar-refractivity contribution is 8.03. The minimum atomic E-state index is -3.90. The molecule has 1 aliphatic heterocycles. The Hall–Kier alpha value is -3.08. The average molecular weight is 472 g/mol. The summed E-state index contributed by atoms with van der Waals surface area (Å²) in [4.78, 5) is 24.6. The smallest absolute Gasteiger partial charge is 0.335 e. The number of aromatic carboxylic acids is 1. The molecule has 1 aliphatic rings. The lowest BCUT2D eigenvalue weighted by Crippen LogP contribution is -2.47. The van der Waals surface area contributed by atoms with E-state index >= 15 is 0 Å². The van der Waals surface area contributed by atoms with Crippen LogP contribution in [0.5, 0.6) is 0 Å². The summed E-state index contributed by atoms with van der Waals surface area (Å²) >= 11 is 1.40. The second-order valence-corrected chi connectivity index (χ2v) is 10.2. The van der Waals surface area contributed by atoms with Crippen molar-refractivity contribution in [2.45, 2.75) is 23.6 Å². The number of hydrazine groups is 1. The lowest BCUT2D eigenvalue weighted by molar-refractivity contribution is 0.0697. The maximum absolute atomic E-state index is 13.3. The molecule has 0 aliphatic carbocycles. The highest BCUT2D eigenvalue weighted by Gasteiger charge is 2.37. The van der Waals surface area contributed by atoms with Gasteiger partial charge in [0.2, 0.25) is 0 Å². The summed E-state index contributed by atoms with van der Waals surface area (Å²) in [7, 11) is -2.45. The van der Waals surface area contributed by atoms with Crippen molar-refractivity contribution in [1.29, 1.82) is 0 Å². The molecule has 0 amide bonds. The number of sulfonamides is 1. The van der Waals surface area contributed by atoms with Crippen LogP contribution in [0.15, 0.2) is 75.8 Å². The van der Waals surface area contributed by atoms with Crippen molar-refractivity contribution in [3.63, 3.8) is 0 Å². The molecule has 4 rings (SSSR count). The molecule has 0 fully saturated rings. The molecule has 8 nitrogen and oxygen atoms in total. The van der Waals surface area contributed by atoms with E-state index in [1.807, 2.05) is 6.92 Å². The Morgan fingerprint density at radius 1 is 1.12 bits per heavy atom. The van der Waals surface area contributed by atoms with Gasteiger partial charge in [0.1, 0.15) is 5.82 Å². The van der Waals surface area contributed by atoms with Gasteiger partial charge in [-0.15, -0.1) is 16.2 Å². The molecule has 0 saturated heterocycles. The van der Waals surface area contributed by atoms with Crippen molar-refractivity contribution in [3.8, 4) is 0 Å². The summed E-state index contributed by atoms with van der Waals surface area (Å²) in [5.74, 6) is -0.765. The standard InChI is InChI=1S/C22H21N3O5S2/c1-3-21-25(23(2)32(29,30)17-7-5-4-6-8-17)19(14-31-21)24-18-13-16(22(27)28)10-9-15(18)11-12-20(24)26/h4-14,21H,3H2,1-2H3,(H,27,28). The van der Waals surface area contributed by atoms with Gasteiger partial charge >= 0.3 is 5.97 Å². The minimum absolute atomic E-state index is 0.0342. The largest absolute Gasteiger partial charge is 0.478 e. The van der Waals surface area contributed by atoms with Crippen LogP contribution in [0.4, 0.5) is 0 Å². The van der Waals surface area contributed by atoms with Gasteiger partial charge in [-0.2, -0.15) is 0 Å². The van der Waals surface area contributed by atoms with E-state index < -0.39 is 16.0 Å². The predicted octanol–water partition coefficient (Wildman–Crippen LogP) is 3.48. The van der Waals surface area contributed by atoms with Crippen molar-refractivity contribution in [2.75, 3.05) is 7.05 Å². The molecule has 0 radical (unpaired) electrons. The van der Waals surface area contributed by atoms with Crippen LogP contribution in [-0.4, -0.2) is 45.9 Å². The molecule has 0 bridgehead atoms. The van der Waals surface area contributed by atoms with Gasteiger partial charge in [-0.05, 0) is 42.1 Å². The predicted molar refractivity (Wildman–Crippen MR) is 124 cm³/mol. The first-order valence-corrected chi connectivity index (χ1v) is 12.2. The number of pyridine rings is 1. The Kier molecular flexibility index (Phi) is 5.85. The number of aromatic nitrogens is 1. The molecule has 2 aromatic carbocycles. The molecule has 1 aromatic heterocycles. The fraction of sp³-hybridized carbons (Fsp3) is 0.182. The molecule has 1 unspecified atom stereocenters. The summed E-state index contributed by atoms with van der Waals surface area (Å²) < 4.78 is 29.2. The molecule has 1 atom stereocenters. The third-order valence-corrected chi connectivity index (χ3v) is 8.19. The van der Waals surface area contributed by atoms with E-state index in [-0.39, 0.29) is 21.4 Å². The lowest BCUT2D eigenvalue weighted by atomic mass is 10.1. The van der Waals surface area contributed by atoms with Crippen LogP contribution in [0, 0.1) is 0 Å². The summed E-state index contributed by atoms with van der Waals surface area (Å²) in [5.41, 5.74) is 0.0302. The number of nitrogens with zero attached hydrogens (tertiary/aromatic N) is 3. The van der Waals surface area contributed by atoms with Gasteiger partial charge in [-0.1, -0.05) is 31.2 Å². The van der Waals surface area contributed by atoms with Crippen molar-refractivity contribution in [1.82, 2.24) is 14.0 Å². The zero-order valence-corrected chi connectivity index (χ0v) is 19.0. The Morgan fingerprint density at radius 3 is 2.47 bits per heavy atom. The van der Waals surface area contributed by atoms with Gasteiger partial charge in [-0.3, -0.25) is 14.4 Å². The third kappa shape index (κ3) is 3.70. The quantitative estimate of drug-likeness (QED) is 0.587. The number of benzene rings is 2. The van der Waals surface area contributed by atoms with Gasteiger partial charge in [-0.25, -0.2) is 13.2 Å². The average Bonchev–Trinajstić information content (AvgIpc) is 3.21. The molecular formula is C22H21N3O5S2. The number of hydrogen-bond donors (Lipinski definition) is 1. The number of carbonyl (C=O) groups is 1. The van der Waals surface area contributed by atoms with E-state index in [4.69, 9.17) is 0 Å². The van der Waals surface area contributed by atoms with Gasteiger partial charge in [0.05, 0.1) is 21.3 Å². The third-order valence-electron chi connectivity index (χ3n) is 5.25. The molecule has 32 heavy (non-hydrogen) atoms. The zero-order valence-electron chi connectivity index (χ0n) is 17.4. The number of fused-ring (bicyclic) bond motifs is 1. The fourth-order valence-corrected chi connectivity index (χ4v) is 5.96. The van der Waals surface area contributed by atoms with E-state index in [2.05, 4.69) is 0 Å². The second-order valence-electron chi connectivity index (χ2n) is 7.16. The molecule has 0 saturated carbocycles. The maximum Gasteiger partial charge on any atom is 0.335 e. The lowest BCUT2D eigenvalue weighted by Gasteiger charge is -2.35. The van der Waals surface area contributed by atoms with Gasteiger partial charge in [0, 0.05) is 18.5 Å². The number of rotatable bonds is 6. The fourth-order valence-electron chi connectivity index (χ4n) is 3.61. The SMILES string of the molecule is CCC1SC=C(n2c(=O)ccc3ccc(C(=O)O)cc32)N1N(C)S(=O)(=O)c1ccccc1. The van der Waals surface area contributed by atoms with Gasteiger partial charge in [0.15, 0.2) is 0 Å². The Morgan fingerprint density at radius 2 is 1.81 bits per heavy atom.